The normalized spacial score (nSPS) is 23.2. The van der Waals surface area contributed by atoms with E-state index < -0.39 is 5.67 Å². The molecule has 0 spiro atoms. The summed E-state index contributed by atoms with van der Waals surface area (Å²) in [5.41, 5.74) is -0.868. The summed E-state index contributed by atoms with van der Waals surface area (Å²) in [7, 11) is 0. The van der Waals surface area contributed by atoms with Crippen LogP contribution < -0.4 is 5.32 Å². The SMILES string of the molecule is CCCCC(C)CC1(F)CNC1. The van der Waals surface area contributed by atoms with E-state index in [-0.39, 0.29) is 0 Å². The molecule has 0 aromatic rings. The van der Waals surface area contributed by atoms with Gasteiger partial charge < -0.3 is 5.32 Å². The molecule has 1 saturated heterocycles. The van der Waals surface area contributed by atoms with Crippen LogP contribution in [-0.4, -0.2) is 18.8 Å². The summed E-state index contributed by atoms with van der Waals surface area (Å²) < 4.78 is 13.5. The van der Waals surface area contributed by atoms with E-state index >= 15 is 0 Å². The zero-order valence-electron chi connectivity index (χ0n) is 8.20. The minimum atomic E-state index is -0.868. The topological polar surface area (TPSA) is 12.0 Å². The first-order valence-corrected chi connectivity index (χ1v) is 5.06. The average molecular weight is 173 g/mol. The van der Waals surface area contributed by atoms with Crippen molar-refractivity contribution in [3.05, 3.63) is 0 Å². The molecule has 0 radical (unpaired) electrons. The predicted molar refractivity (Wildman–Crippen MR) is 50.0 cm³/mol. The van der Waals surface area contributed by atoms with Crippen LogP contribution in [0.2, 0.25) is 0 Å². The Balaban J connectivity index is 2.12. The van der Waals surface area contributed by atoms with Crippen molar-refractivity contribution in [3.63, 3.8) is 0 Å². The van der Waals surface area contributed by atoms with Crippen molar-refractivity contribution in [2.45, 2.75) is 45.2 Å². The average Bonchev–Trinajstić information content (AvgIpc) is 1.98. The minimum absolute atomic E-state index is 0.553. The van der Waals surface area contributed by atoms with E-state index in [2.05, 4.69) is 19.2 Å². The van der Waals surface area contributed by atoms with Gasteiger partial charge in [-0.25, -0.2) is 4.39 Å². The molecule has 0 aliphatic carbocycles. The third kappa shape index (κ3) is 2.74. The van der Waals surface area contributed by atoms with Crippen molar-refractivity contribution in [1.29, 1.82) is 0 Å². The first kappa shape index (κ1) is 9.97. The summed E-state index contributed by atoms with van der Waals surface area (Å²) in [6.07, 6.45) is 4.40. The number of unbranched alkanes of at least 4 members (excludes halogenated alkanes) is 1. The highest BCUT2D eigenvalue weighted by Gasteiger charge is 2.37. The lowest BCUT2D eigenvalue weighted by Gasteiger charge is -2.36. The van der Waals surface area contributed by atoms with Crippen molar-refractivity contribution < 1.29 is 4.39 Å². The van der Waals surface area contributed by atoms with E-state index in [0.717, 1.165) is 6.42 Å². The van der Waals surface area contributed by atoms with Crippen molar-refractivity contribution in [1.82, 2.24) is 5.32 Å². The highest BCUT2D eigenvalue weighted by atomic mass is 19.1. The van der Waals surface area contributed by atoms with Gasteiger partial charge in [-0.15, -0.1) is 0 Å². The molecule has 0 aromatic carbocycles. The van der Waals surface area contributed by atoms with Gasteiger partial charge in [0.1, 0.15) is 5.67 Å². The van der Waals surface area contributed by atoms with E-state index in [1.54, 1.807) is 0 Å². The van der Waals surface area contributed by atoms with E-state index in [1.165, 1.54) is 19.3 Å². The van der Waals surface area contributed by atoms with Crippen LogP contribution in [-0.2, 0) is 0 Å². The fourth-order valence-corrected chi connectivity index (χ4v) is 1.82. The van der Waals surface area contributed by atoms with Gasteiger partial charge in [-0.2, -0.15) is 0 Å². The zero-order chi connectivity index (χ0) is 9.03. The number of hydrogen-bond acceptors (Lipinski definition) is 1. The summed E-state index contributed by atoms with van der Waals surface area (Å²) in [6, 6.07) is 0. The molecule has 1 unspecified atom stereocenters. The van der Waals surface area contributed by atoms with Gasteiger partial charge in [0, 0.05) is 13.1 Å². The largest absolute Gasteiger partial charge is 0.310 e. The van der Waals surface area contributed by atoms with Gasteiger partial charge in [0.05, 0.1) is 0 Å². The fourth-order valence-electron chi connectivity index (χ4n) is 1.82. The molecular weight excluding hydrogens is 153 g/mol. The molecule has 0 bridgehead atoms. The Hall–Kier alpha value is -0.110. The highest BCUT2D eigenvalue weighted by molar-refractivity contribution is 4.93. The minimum Gasteiger partial charge on any atom is -0.310 e. The highest BCUT2D eigenvalue weighted by Crippen LogP contribution is 2.27. The van der Waals surface area contributed by atoms with E-state index in [4.69, 9.17) is 0 Å². The Labute approximate surface area is 74.7 Å². The molecule has 12 heavy (non-hydrogen) atoms. The maximum absolute atomic E-state index is 13.5. The Morgan fingerprint density at radius 2 is 2.17 bits per heavy atom. The van der Waals surface area contributed by atoms with Crippen LogP contribution in [0.3, 0.4) is 0 Å². The van der Waals surface area contributed by atoms with Gasteiger partial charge in [-0.1, -0.05) is 33.1 Å². The molecule has 72 valence electrons. The van der Waals surface area contributed by atoms with E-state index in [1.807, 2.05) is 0 Å². The molecule has 1 aliphatic rings. The van der Waals surface area contributed by atoms with Gasteiger partial charge in [0.15, 0.2) is 0 Å². The Kier molecular flexibility index (Phi) is 3.51. The Bertz CT molecular complexity index is 132. The number of alkyl halides is 1. The van der Waals surface area contributed by atoms with Crippen LogP contribution in [0.1, 0.15) is 39.5 Å². The summed E-state index contributed by atoms with van der Waals surface area (Å²) in [5.74, 6) is 0.553. The van der Waals surface area contributed by atoms with Crippen LogP contribution >= 0.6 is 0 Å². The quantitative estimate of drug-likeness (QED) is 0.673. The summed E-state index contributed by atoms with van der Waals surface area (Å²) >= 11 is 0. The first-order chi connectivity index (χ1) is 5.66. The molecule has 2 heteroatoms. The van der Waals surface area contributed by atoms with Crippen LogP contribution in [0.15, 0.2) is 0 Å². The molecule has 1 heterocycles. The van der Waals surface area contributed by atoms with Gasteiger partial charge in [0.2, 0.25) is 0 Å². The maximum atomic E-state index is 13.5. The first-order valence-electron chi connectivity index (χ1n) is 5.06. The summed E-state index contributed by atoms with van der Waals surface area (Å²) in [4.78, 5) is 0. The molecule has 0 amide bonds. The molecule has 0 saturated carbocycles. The van der Waals surface area contributed by atoms with Crippen molar-refractivity contribution in [2.75, 3.05) is 13.1 Å². The van der Waals surface area contributed by atoms with Crippen LogP contribution in [0, 0.1) is 5.92 Å². The second kappa shape index (κ2) is 4.22. The van der Waals surface area contributed by atoms with Crippen molar-refractivity contribution >= 4 is 0 Å². The second-order valence-electron chi connectivity index (χ2n) is 4.21. The van der Waals surface area contributed by atoms with Crippen LogP contribution in [0.25, 0.3) is 0 Å². The smallest absolute Gasteiger partial charge is 0.136 e. The molecule has 1 atom stereocenters. The Morgan fingerprint density at radius 1 is 1.50 bits per heavy atom. The third-order valence-corrected chi connectivity index (χ3v) is 2.65. The molecule has 1 rings (SSSR count). The lowest BCUT2D eigenvalue weighted by molar-refractivity contribution is 0.0616. The molecule has 1 fully saturated rings. The number of rotatable bonds is 5. The van der Waals surface area contributed by atoms with Crippen LogP contribution in [0.5, 0.6) is 0 Å². The molecule has 1 N–H and O–H groups in total. The van der Waals surface area contributed by atoms with E-state index in [0.29, 0.717) is 19.0 Å². The van der Waals surface area contributed by atoms with Crippen LogP contribution in [0.4, 0.5) is 4.39 Å². The second-order valence-corrected chi connectivity index (χ2v) is 4.21. The zero-order valence-corrected chi connectivity index (χ0v) is 8.20. The lowest BCUT2D eigenvalue weighted by Crippen LogP contribution is -2.56. The van der Waals surface area contributed by atoms with E-state index in [9.17, 15) is 4.39 Å². The predicted octanol–water partition coefficient (Wildman–Crippen LogP) is 2.51. The number of halogens is 1. The Morgan fingerprint density at radius 3 is 2.58 bits per heavy atom. The van der Waals surface area contributed by atoms with Crippen molar-refractivity contribution in [2.24, 2.45) is 5.92 Å². The standard InChI is InChI=1S/C10H20FN/c1-3-4-5-9(2)6-10(11)7-12-8-10/h9,12H,3-8H2,1-2H3. The molecule has 1 aliphatic heterocycles. The molecule has 1 nitrogen and oxygen atoms in total. The van der Waals surface area contributed by atoms with Gasteiger partial charge in [0.25, 0.3) is 0 Å². The van der Waals surface area contributed by atoms with Gasteiger partial charge >= 0.3 is 0 Å². The lowest BCUT2D eigenvalue weighted by atomic mass is 9.86. The summed E-state index contributed by atoms with van der Waals surface area (Å²) in [6.45, 7) is 5.49. The third-order valence-electron chi connectivity index (χ3n) is 2.65. The maximum Gasteiger partial charge on any atom is 0.136 e. The van der Waals surface area contributed by atoms with Crippen molar-refractivity contribution in [3.8, 4) is 0 Å². The van der Waals surface area contributed by atoms with Gasteiger partial charge in [-0.05, 0) is 12.3 Å². The monoisotopic (exact) mass is 173 g/mol. The number of hydrogen-bond donors (Lipinski definition) is 1. The fraction of sp³-hybridized carbons (Fsp3) is 1.00. The van der Waals surface area contributed by atoms with Gasteiger partial charge in [-0.3, -0.25) is 0 Å². The number of nitrogens with one attached hydrogen (secondary N) is 1. The molecular formula is C10H20FN. The molecule has 0 aromatic heterocycles. The summed E-state index contributed by atoms with van der Waals surface area (Å²) in [5, 5.41) is 2.99.